The molecule has 1 saturated heterocycles. The van der Waals surface area contributed by atoms with E-state index in [-0.39, 0.29) is 18.2 Å². The van der Waals surface area contributed by atoms with Crippen molar-refractivity contribution in [2.24, 2.45) is 11.7 Å². The number of nitrogens with zero attached hydrogens (tertiary/aromatic N) is 1. The molecule has 0 saturated carbocycles. The minimum Gasteiger partial charge on any atom is -0.481 e. The fourth-order valence-electron chi connectivity index (χ4n) is 1.68. The van der Waals surface area contributed by atoms with Gasteiger partial charge < -0.3 is 15.7 Å². The van der Waals surface area contributed by atoms with Crippen LogP contribution in [0.1, 0.15) is 19.3 Å². The van der Waals surface area contributed by atoms with Crippen molar-refractivity contribution in [3.05, 3.63) is 0 Å². The molecule has 1 atom stereocenters. The van der Waals surface area contributed by atoms with Crippen LogP contribution in [0.15, 0.2) is 0 Å². The summed E-state index contributed by atoms with van der Waals surface area (Å²) in [5.41, 5.74) is 5.44. The lowest BCUT2D eigenvalue weighted by atomic mass is 10.1. The van der Waals surface area contributed by atoms with E-state index in [2.05, 4.69) is 0 Å². The molecule has 0 bridgehead atoms. The Balaban J connectivity index is 2.39. The molecule has 5 heteroatoms. The summed E-state index contributed by atoms with van der Waals surface area (Å²) in [6.07, 6.45) is 1.51. The molecule has 3 N–H and O–H groups in total. The molecule has 1 aliphatic rings. The Morgan fingerprint density at radius 1 is 1.64 bits per heavy atom. The highest BCUT2D eigenvalue weighted by molar-refractivity contribution is 5.78. The van der Waals surface area contributed by atoms with Gasteiger partial charge in [0.05, 0.1) is 6.42 Å². The molecule has 1 unspecified atom stereocenters. The van der Waals surface area contributed by atoms with Crippen LogP contribution in [0.2, 0.25) is 0 Å². The summed E-state index contributed by atoms with van der Waals surface area (Å²) in [5.74, 6) is -0.851. The normalized spacial score (nSPS) is 18.6. The largest absolute Gasteiger partial charge is 0.481 e. The number of amides is 1. The van der Waals surface area contributed by atoms with E-state index in [4.69, 9.17) is 10.8 Å². The number of carbonyl (C=O) groups is 2. The molecular weight excluding hydrogens is 184 g/mol. The first-order valence-corrected chi connectivity index (χ1v) is 4.83. The van der Waals surface area contributed by atoms with Crippen LogP contribution >= 0.6 is 0 Å². The number of hydrogen-bond acceptors (Lipinski definition) is 3. The Kier molecular flexibility index (Phi) is 3.88. The average Bonchev–Trinajstić information content (AvgIpc) is 2.50. The van der Waals surface area contributed by atoms with Crippen molar-refractivity contribution in [3.63, 3.8) is 0 Å². The number of likely N-dealkylation sites (tertiary alicyclic amines) is 1. The summed E-state index contributed by atoms with van der Waals surface area (Å²) < 4.78 is 0. The molecule has 0 spiro atoms. The molecule has 14 heavy (non-hydrogen) atoms. The summed E-state index contributed by atoms with van der Waals surface area (Å²) in [6.45, 7) is 1.55. The first kappa shape index (κ1) is 11.0. The lowest BCUT2D eigenvalue weighted by Gasteiger charge is -2.21. The number of carboxylic acids is 1. The summed E-state index contributed by atoms with van der Waals surface area (Å²) in [6, 6.07) is 0. The van der Waals surface area contributed by atoms with Gasteiger partial charge in [0.25, 0.3) is 0 Å². The van der Waals surface area contributed by atoms with Crippen LogP contribution in [0.4, 0.5) is 0 Å². The van der Waals surface area contributed by atoms with Crippen LogP contribution in [0.5, 0.6) is 0 Å². The zero-order chi connectivity index (χ0) is 10.6. The molecule has 0 aliphatic carbocycles. The SMILES string of the molecule is NCC(CC(=O)O)CN1CCCC1=O. The van der Waals surface area contributed by atoms with E-state index < -0.39 is 5.97 Å². The average molecular weight is 200 g/mol. The number of aliphatic carboxylic acids is 1. The van der Waals surface area contributed by atoms with Gasteiger partial charge in [-0.3, -0.25) is 9.59 Å². The first-order valence-electron chi connectivity index (χ1n) is 4.83. The van der Waals surface area contributed by atoms with Gasteiger partial charge in [-0.15, -0.1) is 0 Å². The second-order valence-electron chi connectivity index (χ2n) is 3.64. The van der Waals surface area contributed by atoms with Gasteiger partial charge in [0.2, 0.25) is 5.91 Å². The van der Waals surface area contributed by atoms with Crippen molar-refractivity contribution in [1.82, 2.24) is 4.90 Å². The molecule has 1 fully saturated rings. The molecule has 1 aliphatic heterocycles. The quantitative estimate of drug-likeness (QED) is 0.636. The minimum absolute atomic E-state index is 0.0419. The highest BCUT2D eigenvalue weighted by Crippen LogP contribution is 2.13. The lowest BCUT2D eigenvalue weighted by Crippen LogP contribution is -2.34. The van der Waals surface area contributed by atoms with Gasteiger partial charge in [0.15, 0.2) is 0 Å². The van der Waals surface area contributed by atoms with E-state index in [9.17, 15) is 9.59 Å². The molecule has 1 heterocycles. The Hall–Kier alpha value is -1.10. The first-order chi connectivity index (χ1) is 6.63. The van der Waals surface area contributed by atoms with E-state index in [1.165, 1.54) is 0 Å². The van der Waals surface area contributed by atoms with E-state index in [1.54, 1.807) is 4.90 Å². The van der Waals surface area contributed by atoms with Crippen LogP contribution in [0.3, 0.4) is 0 Å². The molecule has 1 amide bonds. The third kappa shape index (κ3) is 2.99. The van der Waals surface area contributed by atoms with Gasteiger partial charge in [-0.2, -0.15) is 0 Å². The number of rotatable bonds is 5. The van der Waals surface area contributed by atoms with Crippen molar-refractivity contribution >= 4 is 11.9 Å². The van der Waals surface area contributed by atoms with Crippen LogP contribution in [0, 0.1) is 5.92 Å². The van der Waals surface area contributed by atoms with E-state index in [1.807, 2.05) is 0 Å². The van der Waals surface area contributed by atoms with Gasteiger partial charge in [0, 0.05) is 19.5 Å². The molecule has 5 nitrogen and oxygen atoms in total. The van der Waals surface area contributed by atoms with Gasteiger partial charge in [-0.1, -0.05) is 0 Å². The summed E-state index contributed by atoms with van der Waals surface area (Å²) >= 11 is 0. The third-order valence-electron chi connectivity index (χ3n) is 2.45. The Morgan fingerprint density at radius 3 is 2.79 bits per heavy atom. The highest BCUT2D eigenvalue weighted by atomic mass is 16.4. The van der Waals surface area contributed by atoms with Gasteiger partial charge >= 0.3 is 5.97 Å². The summed E-state index contributed by atoms with van der Waals surface area (Å²) in [5, 5.41) is 8.60. The monoisotopic (exact) mass is 200 g/mol. The zero-order valence-electron chi connectivity index (χ0n) is 8.11. The number of hydrogen-bond donors (Lipinski definition) is 2. The number of carboxylic acid groups (broad SMARTS) is 1. The topological polar surface area (TPSA) is 83.6 Å². The zero-order valence-corrected chi connectivity index (χ0v) is 8.11. The molecule has 0 aromatic carbocycles. The second kappa shape index (κ2) is 4.95. The smallest absolute Gasteiger partial charge is 0.303 e. The maximum absolute atomic E-state index is 11.2. The minimum atomic E-state index is -0.855. The van der Waals surface area contributed by atoms with Crippen molar-refractivity contribution in [2.75, 3.05) is 19.6 Å². The van der Waals surface area contributed by atoms with Crippen LogP contribution in [-0.2, 0) is 9.59 Å². The standard InChI is InChI=1S/C9H16N2O3/c10-5-7(4-9(13)14)6-11-3-1-2-8(11)12/h7H,1-6,10H2,(H,13,14). The predicted octanol–water partition coefficient (Wildman–Crippen LogP) is -0.342. The van der Waals surface area contributed by atoms with E-state index in [0.717, 1.165) is 13.0 Å². The third-order valence-corrected chi connectivity index (χ3v) is 2.45. The Bertz CT molecular complexity index is 230. The van der Waals surface area contributed by atoms with Crippen LogP contribution in [0.25, 0.3) is 0 Å². The number of nitrogens with two attached hydrogens (primary N) is 1. The van der Waals surface area contributed by atoms with E-state index in [0.29, 0.717) is 19.5 Å². The fraction of sp³-hybridized carbons (Fsp3) is 0.778. The lowest BCUT2D eigenvalue weighted by molar-refractivity contribution is -0.139. The van der Waals surface area contributed by atoms with Crippen molar-refractivity contribution in [3.8, 4) is 0 Å². The van der Waals surface area contributed by atoms with Gasteiger partial charge in [-0.05, 0) is 18.9 Å². The highest BCUT2D eigenvalue weighted by Gasteiger charge is 2.23. The molecule has 80 valence electrons. The van der Waals surface area contributed by atoms with Crippen molar-refractivity contribution in [1.29, 1.82) is 0 Å². The molecule has 0 aromatic heterocycles. The van der Waals surface area contributed by atoms with Crippen molar-refractivity contribution < 1.29 is 14.7 Å². The van der Waals surface area contributed by atoms with Crippen molar-refractivity contribution in [2.45, 2.75) is 19.3 Å². The molecule has 0 aromatic rings. The summed E-state index contributed by atoms with van der Waals surface area (Å²) in [4.78, 5) is 23.4. The molecular formula is C9H16N2O3. The predicted molar refractivity (Wildman–Crippen MR) is 50.6 cm³/mol. The summed E-state index contributed by atoms with van der Waals surface area (Å²) in [7, 11) is 0. The van der Waals surface area contributed by atoms with Crippen LogP contribution in [-0.4, -0.2) is 41.5 Å². The Labute approximate surface area is 82.9 Å². The molecule has 1 rings (SSSR count). The molecule has 0 radical (unpaired) electrons. The van der Waals surface area contributed by atoms with Gasteiger partial charge in [-0.25, -0.2) is 0 Å². The fourth-order valence-corrected chi connectivity index (χ4v) is 1.68. The maximum atomic E-state index is 11.2. The second-order valence-corrected chi connectivity index (χ2v) is 3.64. The van der Waals surface area contributed by atoms with Gasteiger partial charge in [0.1, 0.15) is 0 Å². The Morgan fingerprint density at radius 2 is 2.36 bits per heavy atom. The van der Waals surface area contributed by atoms with E-state index >= 15 is 0 Å². The number of carbonyl (C=O) groups excluding carboxylic acids is 1. The van der Waals surface area contributed by atoms with Crippen LogP contribution < -0.4 is 5.73 Å². The maximum Gasteiger partial charge on any atom is 0.303 e.